The van der Waals surface area contributed by atoms with Crippen molar-refractivity contribution in [1.82, 2.24) is 15.5 Å². The molecule has 0 aromatic heterocycles. The maximum atomic E-state index is 12.6. The van der Waals surface area contributed by atoms with Crippen LogP contribution >= 0.6 is 0 Å². The Bertz CT molecular complexity index is 658. The summed E-state index contributed by atoms with van der Waals surface area (Å²) in [6.45, 7) is 6.78. The molecule has 2 heterocycles. The van der Waals surface area contributed by atoms with Crippen LogP contribution < -0.4 is 20.1 Å². The number of hydrogen-bond acceptors (Lipinski definition) is 6. The van der Waals surface area contributed by atoms with E-state index in [1.807, 2.05) is 6.92 Å². The lowest BCUT2D eigenvalue weighted by Gasteiger charge is -2.21. The molecule has 0 spiro atoms. The number of fused-ring (bicyclic) bond motifs is 1. The summed E-state index contributed by atoms with van der Waals surface area (Å²) in [4.78, 5) is 27.0. The molecule has 1 amide bonds. The third kappa shape index (κ3) is 4.74. The fraction of sp³-hybridized carbons (Fsp3) is 0.579. The van der Waals surface area contributed by atoms with Crippen molar-refractivity contribution in [3.63, 3.8) is 0 Å². The van der Waals surface area contributed by atoms with Gasteiger partial charge in [0.15, 0.2) is 17.3 Å². The number of carbonyl (C=O) groups excluding carboxylic acids is 2. The Morgan fingerprint density at radius 1 is 1.15 bits per heavy atom. The van der Waals surface area contributed by atoms with E-state index in [1.165, 1.54) is 12.8 Å². The molecule has 7 heteroatoms. The van der Waals surface area contributed by atoms with Gasteiger partial charge in [0.05, 0.1) is 12.2 Å². The van der Waals surface area contributed by atoms with Gasteiger partial charge >= 0.3 is 0 Å². The molecule has 2 aliphatic heterocycles. The first-order valence-corrected chi connectivity index (χ1v) is 9.24. The Balaban J connectivity index is 1.44. The van der Waals surface area contributed by atoms with Crippen LogP contribution in [0, 0.1) is 0 Å². The van der Waals surface area contributed by atoms with Crippen LogP contribution in [0.2, 0.25) is 0 Å². The van der Waals surface area contributed by atoms with Crippen molar-refractivity contribution in [2.45, 2.75) is 45.3 Å². The minimum atomic E-state index is -0.427. The Morgan fingerprint density at radius 3 is 2.65 bits per heavy atom. The molecule has 1 saturated heterocycles. The molecule has 1 aromatic carbocycles. The van der Waals surface area contributed by atoms with Gasteiger partial charge in [0, 0.05) is 18.5 Å². The molecule has 1 fully saturated rings. The summed E-state index contributed by atoms with van der Waals surface area (Å²) in [5.41, 5.74) is 0.557. The number of rotatable bonds is 8. The predicted molar refractivity (Wildman–Crippen MR) is 97.4 cm³/mol. The van der Waals surface area contributed by atoms with Crippen LogP contribution in [0.4, 0.5) is 0 Å². The lowest BCUT2D eigenvalue weighted by molar-refractivity contribution is -0.122. The third-order valence-corrected chi connectivity index (χ3v) is 4.78. The second-order valence-corrected chi connectivity index (χ2v) is 6.91. The first-order valence-electron chi connectivity index (χ1n) is 9.24. The third-order valence-electron chi connectivity index (χ3n) is 4.78. The fourth-order valence-corrected chi connectivity index (χ4v) is 3.37. The highest BCUT2D eigenvalue weighted by Gasteiger charge is 2.21. The zero-order valence-corrected chi connectivity index (χ0v) is 15.4. The number of ketones is 1. The smallest absolute Gasteiger partial charge is 0.231 e. The van der Waals surface area contributed by atoms with E-state index < -0.39 is 6.04 Å². The van der Waals surface area contributed by atoms with Crippen molar-refractivity contribution < 1.29 is 19.1 Å². The molecule has 7 nitrogen and oxygen atoms in total. The van der Waals surface area contributed by atoms with Gasteiger partial charge in [0.1, 0.15) is 0 Å². The Morgan fingerprint density at radius 2 is 1.88 bits per heavy atom. The van der Waals surface area contributed by atoms with E-state index in [9.17, 15) is 9.59 Å². The van der Waals surface area contributed by atoms with Gasteiger partial charge in [-0.25, -0.2) is 0 Å². The topological polar surface area (TPSA) is 79.9 Å². The molecule has 2 unspecified atom stereocenters. The quantitative estimate of drug-likeness (QED) is 0.540. The normalized spacial score (nSPS) is 18.5. The van der Waals surface area contributed by atoms with Crippen molar-refractivity contribution >= 4 is 11.7 Å². The van der Waals surface area contributed by atoms with Crippen LogP contribution in [-0.2, 0) is 4.79 Å². The minimum absolute atomic E-state index is 0.000344. The summed E-state index contributed by atoms with van der Waals surface area (Å²) in [7, 11) is 0. The molecular weight excluding hydrogens is 334 g/mol. The van der Waals surface area contributed by atoms with Crippen LogP contribution in [0.3, 0.4) is 0 Å². The number of nitrogens with one attached hydrogen (secondary N) is 2. The lowest BCUT2D eigenvalue weighted by Crippen LogP contribution is -2.49. The molecule has 2 aliphatic rings. The van der Waals surface area contributed by atoms with E-state index in [0.717, 1.165) is 19.6 Å². The van der Waals surface area contributed by atoms with Gasteiger partial charge in [-0.05, 0) is 58.0 Å². The summed E-state index contributed by atoms with van der Waals surface area (Å²) < 4.78 is 10.6. The lowest BCUT2D eigenvalue weighted by atomic mass is 10.0. The number of amides is 1. The summed E-state index contributed by atoms with van der Waals surface area (Å²) >= 11 is 0. The van der Waals surface area contributed by atoms with Crippen LogP contribution in [0.15, 0.2) is 18.2 Å². The number of nitrogens with zero attached hydrogens (tertiary/aromatic N) is 1. The van der Waals surface area contributed by atoms with Crippen molar-refractivity contribution in [2.24, 2.45) is 0 Å². The van der Waals surface area contributed by atoms with Gasteiger partial charge in [0.2, 0.25) is 12.7 Å². The molecule has 2 atom stereocenters. The van der Waals surface area contributed by atoms with Crippen LogP contribution in [0.1, 0.15) is 43.5 Å². The predicted octanol–water partition coefficient (Wildman–Crippen LogP) is 1.52. The molecular formula is C19H27N3O4. The van der Waals surface area contributed by atoms with Crippen LogP contribution in [-0.4, -0.2) is 55.2 Å². The second-order valence-electron chi connectivity index (χ2n) is 6.91. The van der Waals surface area contributed by atoms with Gasteiger partial charge < -0.3 is 19.7 Å². The molecule has 0 radical (unpaired) electrons. The Kier molecular flexibility index (Phi) is 6.11. The number of likely N-dealkylation sites (tertiary alicyclic amines) is 1. The van der Waals surface area contributed by atoms with Crippen LogP contribution in [0.5, 0.6) is 11.5 Å². The zero-order valence-electron chi connectivity index (χ0n) is 15.4. The van der Waals surface area contributed by atoms with Crippen molar-refractivity contribution in [2.75, 3.05) is 26.4 Å². The van der Waals surface area contributed by atoms with Crippen molar-refractivity contribution in [1.29, 1.82) is 0 Å². The SMILES string of the molecule is CC(NC(=O)CCN1CCCC1)NC(C)C(=O)c1ccc2c(c1)OCO2. The average Bonchev–Trinajstić information content (AvgIpc) is 3.29. The molecule has 2 N–H and O–H groups in total. The first kappa shape index (κ1) is 18.7. The molecule has 0 aliphatic carbocycles. The standard InChI is InChI=1S/C19H27N3O4/c1-13(19(24)15-5-6-16-17(11-15)26-12-25-16)20-14(2)21-18(23)7-10-22-8-3-4-9-22/h5-6,11,13-14,20H,3-4,7-10,12H2,1-2H3,(H,21,23). The van der Waals surface area contributed by atoms with E-state index in [1.54, 1.807) is 25.1 Å². The first-order chi connectivity index (χ1) is 12.5. The number of hydrogen-bond donors (Lipinski definition) is 2. The summed E-state index contributed by atoms with van der Waals surface area (Å²) in [5.74, 6) is 1.19. The molecule has 0 saturated carbocycles. The largest absolute Gasteiger partial charge is 0.454 e. The molecule has 1 aromatic rings. The highest BCUT2D eigenvalue weighted by atomic mass is 16.7. The van der Waals surface area contributed by atoms with Gasteiger partial charge in [0.25, 0.3) is 0 Å². The number of carbonyl (C=O) groups is 2. The molecule has 3 rings (SSSR count). The van der Waals surface area contributed by atoms with Gasteiger partial charge in [-0.15, -0.1) is 0 Å². The Labute approximate surface area is 154 Å². The number of Topliss-reactive ketones (excluding diaryl/α,β-unsaturated/α-hetero) is 1. The monoisotopic (exact) mass is 361 g/mol. The second kappa shape index (κ2) is 8.51. The van der Waals surface area contributed by atoms with Crippen molar-refractivity contribution in [3.8, 4) is 11.5 Å². The maximum absolute atomic E-state index is 12.6. The van der Waals surface area contributed by atoms with Crippen molar-refractivity contribution in [3.05, 3.63) is 23.8 Å². The fourth-order valence-electron chi connectivity index (χ4n) is 3.37. The van der Waals surface area contributed by atoms with E-state index in [2.05, 4.69) is 15.5 Å². The maximum Gasteiger partial charge on any atom is 0.231 e. The van der Waals surface area contributed by atoms with Crippen LogP contribution in [0.25, 0.3) is 0 Å². The molecule has 142 valence electrons. The van der Waals surface area contributed by atoms with Gasteiger partial charge in [-0.2, -0.15) is 0 Å². The van der Waals surface area contributed by atoms with Gasteiger partial charge in [-0.3, -0.25) is 14.9 Å². The molecule has 0 bridgehead atoms. The number of benzene rings is 1. The van der Waals surface area contributed by atoms with E-state index in [0.29, 0.717) is 23.5 Å². The Hall–Kier alpha value is -2.12. The summed E-state index contributed by atoms with van der Waals surface area (Å²) in [5, 5.41) is 6.05. The average molecular weight is 361 g/mol. The van der Waals surface area contributed by atoms with E-state index >= 15 is 0 Å². The minimum Gasteiger partial charge on any atom is -0.454 e. The van der Waals surface area contributed by atoms with E-state index in [-0.39, 0.29) is 24.6 Å². The summed E-state index contributed by atoms with van der Waals surface area (Å²) in [6, 6.07) is 4.74. The zero-order chi connectivity index (χ0) is 18.5. The number of ether oxygens (including phenoxy) is 2. The highest BCUT2D eigenvalue weighted by molar-refractivity contribution is 6.00. The van der Waals surface area contributed by atoms with Gasteiger partial charge in [-0.1, -0.05) is 0 Å². The summed E-state index contributed by atoms with van der Waals surface area (Å²) in [6.07, 6.45) is 2.64. The highest BCUT2D eigenvalue weighted by Crippen LogP contribution is 2.32. The molecule has 26 heavy (non-hydrogen) atoms. The van der Waals surface area contributed by atoms with E-state index in [4.69, 9.17) is 9.47 Å².